The van der Waals surface area contributed by atoms with Gasteiger partial charge in [0, 0.05) is 16.1 Å². The molecule has 0 aliphatic rings. The number of hydrogen-bond donors (Lipinski definition) is 1. The minimum absolute atomic E-state index is 0.205. The number of benzene rings is 1. The predicted octanol–water partition coefficient (Wildman–Crippen LogP) is 3.83. The highest BCUT2D eigenvalue weighted by Crippen LogP contribution is 2.36. The quantitative estimate of drug-likeness (QED) is 0.753. The van der Waals surface area contributed by atoms with Crippen molar-refractivity contribution in [3.05, 3.63) is 28.2 Å². The van der Waals surface area contributed by atoms with Gasteiger partial charge in [0.1, 0.15) is 5.75 Å². The average molecular weight is 358 g/mol. The van der Waals surface area contributed by atoms with Crippen molar-refractivity contribution in [1.29, 1.82) is 0 Å². The Balaban J connectivity index is 2.90. The molecule has 118 valence electrons. The third-order valence-corrected chi connectivity index (χ3v) is 3.79. The maximum Gasteiger partial charge on any atom is 0.306 e. The third kappa shape index (κ3) is 5.67. The molecule has 0 fully saturated rings. The van der Waals surface area contributed by atoms with Crippen LogP contribution in [0.25, 0.3) is 0 Å². The van der Waals surface area contributed by atoms with Gasteiger partial charge >= 0.3 is 5.97 Å². The molecule has 1 atom stereocenters. The fraction of sp³-hybridized carbons (Fsp3) is 0.562. The van der Waals surface area contributed by atoms with E-state index in [1.807, 2.05) is 39.0 Å². The Kier molecular flexibility index (Phi) is 6.68. The first-order valence-electron chi connectivity index (χ1n) is 7.03. The summed E-state index contributed by atoms with van der Waals surface area (Å²) in [6.45, 7) is 6.57. The molecule has 0 bridgehead atoms. The zero-order valence-electron chi connectivity index (χ0n) is 13.1. The van der Waals surface area contributed by atoms with E-state index in [-0.39, 0.29) is 17.4 Å². The summed E-state index contributed by atoms with van der Waals surface area (Å²) in [5.74, 6) is 0.577. The molecule has 1 aromatic carbocycles. The van der Waals surface area contributed by atoms with Gasteiger partial charge in [-0.25, -0.2) is 0 Å². The highest BCUT2D eigenvalue weighted by Gasteiger charge is 2.27. The highest BCUT2D eigenvalue weighted by atomic mass is 79.9. The van der Waals surface area contributed by atoms with Crippen molar-refractivity contribution in [2.45, 2.75) is 39.7 Å². The van der Waals surface area contributed by atoms with Gasteiger partial charge in [-0.2, -0.15) is 0 Å². The summed E-state index contributed by atoms with van der Waals surface area (Å²) in [7, 11) is 1.40. The van der Waals surface area contributed by atoms with E-state index in [2.05, 4.69) is 15.9 Å². The van der Waals surface area contributed by atoms with Crippen LogP contribution in [-0.4, -0.2) is 19.7 Å². The van der Waals surface area contributed by atoms with E-state index in [1.54, 1.807) is 0 Å². The fourth-order valence-electron chi connectivity index (χ4n) is 2.34. The molecule has 0 aliphatic carbocycles. The van der Waals surface area contributed by atoms with E-state index >= 15 is 0 Å². The van der Waals surface area contributed by atoms with E-state index in [4.69, 9.17) is 15.2 Å². The maximum atomic E-state index is 11.5. The SMILES string of the molecule is CCOc1ccc(Br)cc1C(N)CC(C)(C)CC(=O)OC. The van der Waals surface area contributed by atoms with Crippen molar-refractivity contribution < 1.29 is 14.3 Å². The van der Waals surface area contributed by atoms with Crippen LogP contribution in [0.5, 0.6) is 5.75 Å². The number of rotatable bonds is 7. The average Bonchev–Trinajstić information content (AvgIpc) is 2.39. The van der Waals surface area contributed by atoms with Crippen LogP contribution in [0.1, 0.15) is 45.2 Å². The molecule has 0 spiro atoms. The molecule has 1 unspecified atom stereocenters. The molecular formula is C16H24BrNO3. The summed E-state index contributed by atoms with van der Waals surface area (Å²) >= 11 is 3.46. The molecule has 0 saturated heterocycles. The fourth-order valence-corrected chi connectivity index (χ4v) is 2.72. The Morgan fingerprint density at radius 3 is 2.67 bits per heavy atom. The van der Waals surface area contributed by atoms with Gasteiger partial charge in [-0.15, -0.1) is 0 Å². The Labute approximate surface area is 135 Å². The number of halogens is 1. The molecular weight excluding hydrogens is 334 g/mol. The Hall–Kier alpha value is -1.07. The molecule has 1 rings (SSSR count). The van der Waals surface area contributed by atoms with Gasteiger partial charge in [0.25, 0.3) is 0 Å². The van der Waals surface area contributed by atoms with Crippen molar-refractivity contribution in [3.8, 4) is 5.75 Å². The summed E-state index contributed by atoms with van der Waals surface area (Å²) in [5.41, 5.74) is 7.06. The molecule has 0 radical (unpaired) electrons. The second-order valence-corrected chi connectivity index (χ2v) is 6.76. The van der Waals surface area contributed by atoms with Gasteiger partial charge in [-0.3, -0.25) is 4.79 Å². The zero-order valence-corrected chi connectivity index (χ0v) is 14.7. The standard InChI is InChI=1S/C16H24BrNO3/c1-5-21-14-7-6-11(17)8-12(14)13(18)9-16(2,3)10-15(19)20-4/h6-8,13H,5,9-10,18H2,1-4H3. The maximum absolute atomic E-state index is 11.5. The molecule has 0 saturated carbocycles. The second-order valence-electron chi connectivity index (χ2n) is 5.84. The normalized spacial score (nSPS) is 12.9. The van der Waals surface area contributed by atoms with Crippen LogP contribution in [0.4, 0.5) is 0 Å². The Bertz CT molecular complexity index is 488. The monoisotopic (exact) mass is 357 g/mol. The lowest BCUT2D eigenvalue weighted by molar-refractivity contribution is -0.143. The topological polar surface area (TPSA) is 61.5 Å². The molecule has 0 heterocycles. The molecule has 21 heavy (non-hydrogen) atoms. The first-order chi connectivity index (χ1) is 9.79. The summed E-state index contributed by atoms with van der Waals surface area (Å²) in [6, 6.07) is 5.62. The van der Waals surface area contributed by atoms with Gasteiger partial charge in [0.05, 0.1) is 20.1 Å². The summed E-state index contributed by atoms with van der Waals surface area (Å²) in [5, 5.41) is 0. The van der Waals surface area contributed by atoms with Crippen LogP contribution >= 0.6 is 15.9 Å². The molecule has 0 aromatic heterocycles. The van der Waals surface area contributed by atoms with E-state index in [0.717, 1.165) is 15.8 Å². The van der Waals surface area contributed by atoms with E-state index in [1.165, 1.54) is 7.11 Å². The lowest BCUT2D eigenvalue weighted by Crippen LogP contribution is -2.25. The van der Waals surface area contributed by atoms with Gasteiger partial charge in [0.15, 0.2) is 0 Å². The summed E-state index contributed by atoms with van der Waals surface area (Å²) in [4.78, 5) is 11.5. The molecule has 2 N–H and O–H groups in total. The van der Waals surface area contributed by atoms with Gasteiger partial charge in [-0.05, 0) is 37.0 Å². The molecule has 4 nitrogen and oxygen atoms in total. The van der Waals surface area contributed by atoms with Crippen molar-refractivity contribution in [1.82, 2.24) is 0 Å². The number of esters is 1. The van der Waals surface area contributed by atoms with Crippen LogP contribution < -0.4 is 10.5 Å². The number of ether oxygens (including phenoxy) is 2. The third-order valence-electron chi connectivity index (χ3n) is 3.29. The summed E-state index contributed by atoms with van der Waals surface area (Å²) < 4.78 is 11.3. The molecule has 1 aromatic rings. The number of nitrogens with two attached hydrogens (primary N) is 1. The van der Waals surface area contributed by atoms with Crippen molar-refractivity contribution in [2.24, 2.45) is 11.1 Å². The molecule has 0 amide bonds. The van der Waals surface area contributed by atoms with Gasteiger partial charge < -0.3 is 15.2 Å². The van der Waals surface area contributed by atoms with Gasteiger partial charge in [-0.1, -0.05) is 29.8 Å². The number of hydrogen-bond acceptors (Lipinski definition) is 4. The lowest BCUT2D eigenvalue weighted by Gasteiger charge is -2.28. The Morgan fingerprint density at radius 2 is 2.10 bits per heavy atom. The van der Waals surface area contributed by atoms with Crippen LogP contribution in [0.15, 0.2) is 22.7 Å². The van der Waals surface area contributed by atoms with Gasteiger partial charge in [0.2, 0.25) is 0 Å². The minimum atomic E-state index is -0.238. The minimum Gasteiger partial charge on any atom is -0.494 e. The first kappa shape index (κ1) is 18.0. The van der Waals surface area contributed by atoms with Crippen molar-refractivity contribution >= 4 is 21.9 Å². The Morgan fingerprint density at radius 1 is 1.43 bits per heavy atom. The first-order valence-corrected chi connectivity index (χ1v) is 7.83. The van der Waals surface area contributed by atoms with Crippen LogP contribution in [0.3, 0.4) is 0 Å². The highest BCUT2D eigenvalue weighted by molar-refractivity contribution is 9.10. The van der Waals surface area contributed by atoms with Crippen LogP contribution in [-0.2, 0) is 9.53 Å². The number of methoxy groups -OCH3 is 1. The summed E-state index contributed by atoms with van der Waals surface area (Å²) in [6.07, 6.45) is 1.01. The van der Waals surface area contributed by atoms with E-state index in [0.29, 0.717) is 19.4 Å². The second kappa shape index (κ2) is 7.80. The predicted molar refractivity (Wildman–Crippen MR) is 87.3 cm³/mol. The molecule has 0 aliphatic heterocycles. The van der Waals surface area contributed by atoms with Crippen molar-refractivity contribution in [2.75, 3.05) is 13.7 Å². The molecule has 5 heteroatoms. The van der Waals surface area contributed by atoms with Crippen LogP contribution in [0.2, 0.25) is 0 Å². The lowest BCUT2D eigenvalue weighted by atomic mass is 9.81. The van der Waals surface area contributed by atoms with E-state index in [9.17, 15) is 4.79 Å². The van der Waals surface area contributed by atoms with E-state index < -0.39 is 0 Å². The smallest absolute Gasteiger partial charge is 0.306 e. The van der Waals surface area contributed by atoms with Crippen LogP contribution in [0, 0.1) is 5.41 Å². The largest absolute Gasteiger partial charge is 0.494 e. The zero-order chi connectivity index (χ0) is 16.0. The number of carbonyl (C=O) groups is 1. The van der Waals surface area contributed by atoms with Crippen molar-refractivity contribution in [3.63, 3.8) is 0 Å². The number of carbonyl (C=O) groups excluding carboxylic acids is 1.